The van der Waals surface area contributed by atoms with Crippen molar-refractivity contribution in [1.82, 2.24) is 0 Å². The molecule has 2 aliphatic rings. The summed E-state index contributed by atoms with van der Waals surface area (Å²) in [7, 11) is -2.91. The molecule has 1 unspecified atom stereocenters. The first-order chi connectivity index (χ1) is 9.94. The number of nitrogens with zero attached hydrogens (tertiary/aromatic N) is 1. The molecule has 0 radical (unpaired) electrons. The molecule has 0 saturated carbocycles. The Labute approximate surface area is 126 Å². The van der Waals surface area contributed by atoms with Crippen molar-refractivity contribution in [2.75, 3.05) is 23.0 Å². The fraction of sp³-hybridized carbons (Fsp3) is 0.562. The number of carbonyl (C=O) groups excluding carboxylic acids is 1. The van der Waals surface area contributed by atoms with Gasteiger partial charge in [-0.2, -0.15) is 0 Å². The Morgan fingerprint density at radius 1 is 1.38 bits per heavy atom. The predicted octanol–water partition coefficient (Wildman–Crippen LogP) is 2.10. The van der Waals surface area contributed by atoms with E-state index in [9.17, 15) is 13.2 Å². The molecule has 0 aromatic heterocycles. The number of anilines is 1. The Balaban J connectivity index is 1.75. The van der Waals surface area contributed by atoms with Crippen molar-refractivity contribution in [3.63, 3.8) is 0 Å². The third-order valence-electron chi connectivity index (χ3n) is 4.44. The molecule has 2 aliphatic heterocycles. The summed E-state index contributed by atoms with van der Waals surface area (Å²) in [6.07, 6.45) is 2.97. The SMILES string of the molecule is Cc1ccc2c(c1)CCCN2C(=O)CC1CCS(=O)(=O)C1. The zero-order valence-corrected chi connectivity index (χ0v) is 13.2. The van der Waals surface area contributed by atoms with Crippen LogP contribution in [0.15, 0.2) is 18.2 Å². The van der Waals surface area contributed by atoms with Crippen LogP contribution >= 0.6 is 0 Å². The summed E-state index contributed by atoms with van der Waals surface area (Å²) in [5.74, 6) is 0.480. The summed E-state index contributed by atoms with van der Waals surface area (Å²) in [6, 6.07) is 6.20. The van der Waals surface area contributed by atoms with E-state index in [1.807, 2.05) is 17.0 Å². The first kappa shape index (κ1) is 14.6. The van der Waals surface area contributed by atoms with E-state index in [4.69, 9.17) is 0 Å². The van der Waals surface area contributed by atoms with Crippen molar-refractivity contribution in [2.24, 2.45) is 5.92 Å². The van der Waals surface area contributed by atoms with Gasteiger partial charge in [0.25, 0.3) is 0 Å². The largest absolute Gasteiger partial charge is 0.312 e. The molecule has 1 amide bonds. The first-order valence-electron chi connectivity index (χ1n) is 7.55. The maximum absolute atomic E-state index is 12.5. The van der Waals surface area contributed by atoms with Crippen LogP contribution in [0.25, 0.3) is 0 Å². The molecule has 0 spiro atoms. The first-order valence-corrected chi connectivity index (χ1v) is 9.37. The van der Waals surface area contributed by atoms with Gasteiger partial charge in [-0.15, -0.1) is 0 Å². The minimum atomic E-state index is -2.91. The van der Waals surface area contributed by atoms with Crippen LogP contribution in [0.4, 0.5) is 5.69 Å². The number of hydrogen-bond acceptors (Lipinski definition) is 3. The zero-order chi connectivity index (χ0) is 15.0. The molecule has 1 saturated heterocycles. The van der Waals surface area contributed by atoms with Crippen molar-refractivity contribution in [3.8, 4) is 0 Å². The number of benzene rings is 1. The maximum Gasteiger partial charge on any atom is 0.227 e. The van der Waals surface area contributed by atoms with Gasteiger partial charge in [0.1, 0.15) is 0 Å². The lowest BCUT2D eigenvalue weighted by Gasteiger charge is -2.30. The van der Waals surface area contributed by atoms with Crippen molar-refractivity contribution in [1.29, 1.82) is 0 Å². The lowest BCUT2D eigenvalue weighted by atomic mass is 9.98. The second-order valence-corrected chi connectivity index (χ2v) is 8.48. The number of carbonyl (C=O) groups is 1. The highest BCUT2D eigenvalue weighted by Crippen LogP contribution is 2.30. The van der Waals surface area contributed by atoms with Gasteiger partial charge in [-0.25, -0.2) is 8.42 Å². The molecular weight excluding hydrogens is 286 g/mol. The molecule has 0 bridgehead atoms. The summed E-state index contributed by atoms with van der Waals surface area (Å²) in [5.41, 5.74) is 3.45. The predicted molar refractivity (Wildman–Crippen MR) is 83.2 cm³/mol. The Hall–Kier alpha value is -1.36. The lowest BCUT2D eigenvalue weighted by Crippen LogP contribution is -2.36. The van der Waals surface area contributed by atoms with Crippen molar-refractivity contribution < 1.29 is 13.2 Å². The van der Waals surface area contributed by atoms with Crippen LogP contribution in [-0.2, 0) is 21.1 Å². The molecule has 114 valence electrons. The highest BCUT2D eigenvalue weighted by Gasteiger charge is 2.32. The zero-order valence-electron chi connectivity index (χ0n) is 12.3. The van der Waals surface area contributed by atoms with Gasteiger partial charge in [0.05, 0.1) is 11.5 Å². The van der Waals surface area contributed by atoms with E-state index in [1.54, 1.807) is 0 Å². The molecule has 2 heterocycles. The molecule has 4 nitrogen and oxygen atoms in total. The number of sulfone groups is 1. The van der Waals surface area contributed by atoms with Crippen molar-refractivity contribution in [2.45, 2.75) is 32.6 Å². The Kier molecular flexibility index (Phi) is 3.78. The van der Waals surface area contributed by atoms with Gasteiger partial charge in [-0.1, -0.05) is 17.7 Å². The number of aryl methyl sites for hydroxylation is 2. The highest BCUT2D eigenvalue weighted by molar-refractivity contribution is 7.91. The van der Waals surface area contributed by atoms with E-state index in [1.165, 1.54) is 11.1 Å². The minimum absolute atomic E-state index is 0.00155. The standard InChI is InChI=1S/C16H21NO3S/c1-12-4-5-15-14(9-12)3-2-7-17(15)16(18)10-13-6-8-21(19,20)11-13/h4-5,9,13H,2-3,6-8,10-11H2,1H3. The molecule has 21 heavy (non-hydrogen) atoms. The fourth-order valence-electron chi connectivity index (χ4n) is 3.38. The van der Waals surface area contributed by atoms with E-state index in [-0.39, 0.29) is 23.3 Å². The van der Waals surface area contributed by atoms with E-state index in [0.29, 0.717) is 12.8 Å². The topological polar surface area (TPSA) is 54.5 Å². The third-order valence-corrected chi connectivity index (χ3v) is 6.28. The lowest BCUT2D eigenvalue weighted by molar-refractivity contribution is -0.119. The summed E-state index contributed by atoms with van der Waals surface area (Å²) >= 11 is 0. The molecule has 1 fully saturated rings. The molecule has 1 aromatic carbocycles. The number of hydrogen-bond donors (Lipinski definition) is 0. The van der Waals surface area contributed by atoms with Gasteiger partial charge in [-0.05, 0) is 43.7 Å². The van der Waals surface area contributed by atoms with Crippen LogP contribution in [-0.4, -0.2) is 32.4 Å². The number of rotatable bonds is 2. The third kappa shape index (κ3) is 3.12. The van der Waals surface area contributed by atoms with Gasteiger partial charge < -0.3 is 4.90 Å². The van der Waals surface area contributed by atoms with Gasteiger partial charge in [0, 0.05) is 18.7 Å². The second kappa shape index (κ2) is 5.44. The number of amides is 1. The van der Waals surface area contributed by atoms with Gasteiger partial charge >= 0.3 is 0 Å². The summed E-state index contributed by atoms with van der Waals surface area (Å²) in [6.45, 7) is 2.80. The Morgan fingerprint density at radius 3 is 2.90 bits per heavy atom. The molecule has 3 rings (SSSR count). The monoisotopic (exact) mass is 307 g/mol. The van der Waals surface area contributed by atoms with Crippen LogP contribution < -0.4 is 4.90 Å². The van der Waals surface area contributed by atoms with E-state index in [0.717, 1.165) is 25.1 Å². The van der Waals surface area contributed by atoms with Crippen LogP contribution in [0.5, 0.6) is 0 Å². The fourth-order valence-corrected chi connectivity index (χ4v) is 5.24. The van der Waals surface area contributed by atoms with E-state index in [2.05, 4.69) is 13.0 Å². The average molecular weight is 307 g/mol. The summed E-state index contributed by atoms with van der Waals surface area (Å²) in [4.78, 5) is 14.4. The van der Waals surface area contributed by atoms with Crippen molar-refractivity contribution in [3.05, 3.63) is 29.3 Å². The molecule has 0 aliphatic carbocycles. The van der Waals surface area contributed by atoms with E-state index >= 15 is 0 Å². The van der Waals surface area contributed by atoms with Gasteiger partial charge in [-0.3, -0.25) is 4.79 Å². The maximum atomic E-state index is 12.5. The highest BCUT2D eigenvalue weighted by atomic mass is 32.2. The van der Waals surface area contributed by atoms with Crippen molar-refractivity contribution >= 4 is 21.4 Å². The molecule has 1 atom stereocenters. The van der Waals surface area contributed by atoms with Gasteiger partial charge in [0.15, 0.2) is 9.84 Å². The summed E-state index contributed by atoms with van der Waals surface area (Å²) in [5, 5.41) is 0. The minimum Gasteiger partial charge on any atom is -0.312 e. The molecule has 0 N–H and O–H groups in total. The Bertz CT molecular complexity index is 666. The Morgan fingerprint density at radius 2 is 2.19 bits per heavy atom. The van der Waals surface area contributed by atoms with Gasteiger partial charge in [0.2, 0.25) is 5.91 Å². The summed E-state index contributed by atoms with van der Waals surface area (Å²) < 4.78 is 23.0. The quantitative estimate of drug-likeness (QED) is 0.841. The second-order valence-electron chi connectivity index (χ2n) is 6.25. The number of fused-ring (bicyclic) bond motifs is 1. The van der Waals surface area contributed by atoms with Crippen LogP contribution in [0.3, 0.4) is 0 Å². The van der Waals surface area contributed by atoms with E-state index < -0.39 is 9.84 Å². The molecule has 1 aromatic rings. The smallest absolute Gasteiger partial charge is 0.227 e. The normalized spacial score (nSPS) is 23.9. The van der Waals surface area contributed by atoms with Crippen LogP contribution in [0.1, 0.15) is 30.4 Å². The molecular formula is C16H21NO3S. The van der Waals surface area contributed by atoms with Crippen LogP contribution in [0, 0.1) is 12.8 Å². The molecule has 5 heteroatoms. The average Bonchev–Trinajstić information content (AvgIpc) is 2.76. The van der Waals surface area contributed by atoms with Crippen LogP contribution in [0.2, 0.25) is 0 Å².